The number of ether oxygens (including phenoxy) is 1. The molecule has 0 aromatic heterocycles. The lowest BCUT2D eigenvalue weighted by Crippen LogP contribution is -2.17. The second-order valence-electron chi connectivity index (χ2n) is 2.36. The van der Waals surface area contributed by atoms with Crippen LogP contribution >= 0.6 is 0 Å². The van der Waals surface area contributed by atoms with E-state index in [1.54, 1.807) is 0 Å². The molecule has 1 rings (SSSR count). The van der Waals surface area contributed by atoms with Crippen molar-refractivity contribution in [3.63, 3.8) is 0 Å². The van der Waals surface area contributed by atoms with Gasteiger partial charge in [0.1, 0.15) is 5.91 Å². The Morgan fingerprint density at radius 3 is 3.08 bits per heavy atom. The van der Waals surface area contributed by atoms with Gasteiger partial charge in [0.15, 0.2) is 5.78 Å². The summed E-state index contributed by atoms with van der Waals surface area (Å²) in [6, 6.07) is 0. The monoisotopic (exact) mass is 166 g/mol. The number of hydrogen-bond acceptors (Lipinski definition) is 3. The van der Waals surface area contributed by atoms with Crippen LogP contribution in [0.15, 0.2) is 17.6 Å². The molecule has 0 saturated heterocycles. The maximum atomic E-state index is 10.8. The molecule has 1 unspecified atom stereocenters. The summed E-state index contributed by atoms with van der Waals surface area (Å²) in [6.07, 6.45) is 3.32. The summed E-state index contributed by atoms with van der Waals surface area (Å²) < 4.78 is 4.71. The van der Waals surface area contributed by atoms with Crippen molar-refractivity contribution in [1.82, 2.24) is 0 Å². The fourth-order valence-electron chi connectivity index (χ4n) is 0.815. The van der Waals surface area contributed by atoms with Gasteiger partial charge in [0.25, 0.3) is 0 Å². The Bertz CT molecular complexity index is 245. The molecular weight excluding hydrogens is 158 g/mol. The van der Waals surface area contributed by atoms with E-state index in [-0.39, 0.29) is 18.1 Å². The van der Waals surface area contributed by atoms with Gasteiger partial charge in [-0.05, 0) is 12.5 Å². The lowest BCUT2D eigenvalue weighted by molar-refractivity contribution is -0.123. The number of nitrogens with zero attached hydrogens (tertiary/aromatic N) is 1. The number of ketones is 1. The van der Waals surface area contributed by atoms with Crippen LogP contribution in [0.2, 0.25) is 0 Å². The number of amides is 1. The molecule has 0 aromatic rings. The molecule has 0 fully saturated rings. The molecule has 4 heteroatoms. The van der Waals surface area contributed by atoms with E-state index in [2.05, 4.69) is 18.0 Å². The van der Waals surface area contributed by atoms with Crippen molar-refractivity contribution in [3.8, 4) is 0 Å². The van der Waals surface area contributed by atoms with E-state index >= 15 is 0 Å². The first-order chi connectivity index (χ1) is 5.74. The molecule has 0 aliphatic carbocycles. The minimum absolute atomic E-state index is 0.0988. The smallest absolute Gasteiger partial charge is 0.155 e. The van der Waals surface area contributed by atoms with Gasteiger partial charge in [-0.15, -0.1) is 0 Å². The Balaban J connectivity index is 2.29. The molecule has 0 radical (unpaired) electrons. The Kier molecular flexibility index (Phi) is 2.74. The number of rotatable bonds is 4. The van der Waals surface area contributed by atoms with Crippen LogP contribution in [-0.2, 0) is 14.3 Å². The summed E-state index contributed by atoms with van der Waals surface area (Å²) >= 11 is 0. The van der Waals surface area contributed by atoms with Gasteiger partial charge in [-0.25, -0.2) is 0 Å². The molecule has 0 bridgehead atoms. The Hall–Kier alpha value is -1.45. The van der Waals surface area contributed by atoms with E-state index < -0.39 is 6.10 Å². The SMILES string of the molecule is C=CC(=O)CCC1O[C-]=NC1=O. The second kappa shape index (κ2) is 3.80. The molecule has 1 amide bonds. The molecule has 1 aliphatic rings. The highest BCUT2D eigenvalue weighted by molar-refractivity contribution is 5.93. The van der Waals surface area contributed by atoms with Crippen molar-refractivity contribution < 1.29 is 14.3 Å². The summed E-state index contributed by atoms with van der Waals surface area (Å²) in [5, 5.41) is 0. The third-order valence-corrected chi connectivity index (χ3v) is 1.51. The van der Waals surface area contributed by atoms with Crippen molar-refractivity contribution in [3.05, 3.63) is 12.7 Å². The van der Waals surface area contributed by atoms with Crippen molar-refractivity contribution in [2.24, 2.45) is 4.99 Å². The molecule has 0 aromatic carbocycles. The standard InChI is InChI=1S/C8H8NO3/c1-2-6(10)3-4-7-8(11)9-5-12-7/h2,7H,1,3-4H2/q-1. The Labute approximate surface area is 69.9 Å². The maximum Gasteiger partial charge on any atom is 0.155 e. The van der Waals surface area contributed by atoms with E-state index in [1.807, 2.05) is 0 Å². The van der Waals surface area contributed by atoms with Crippen molar-refractivity contribution in [2.75, 3.05) is 0 Å². The second-order valence-corrected chi connectivity index (χ2v) is 2.36. The first-order valence-corrected chi connectivity index (χ1v) is 3.54. The average Bonchev–Trinajstić information content (AvgIpc) is 2.47. The molecule has 4 nitrogen and oxygen atoms in total. The lowest BCUT2D eigenvalue weighted by Gasteiger charge is -2.11. The van der Waals surface area contributed by atoms with Crippen LogP contribution in [-0.4, -0.2) is 24.2 Å². The number of carbonyl (C=O) groups excluding carboxylic acids is 2. The fraction of sp³-hybridized carbons (Fsp3) is 0.375. The number of carbonyl (C=O) groups is 2. The third kappa shape index (κ3) is 2.02. The van der Waals surface area contributed by atoms with Crippen molar-refractivity contribution in [1.29, 1.82) is 0 Å². The highest BCUT2D eigenvalue weighted by Crippen LogP contribution is 2.08. The molecule has 1 atom stereocenters. The number of allylic oxidation sites excluding steroid dienone is 1. The predicted octanol–water partition coefficient (Wildman–Crippen LogP) is 0.352. The van der Waals surface area contributed by atoms with Crippen LogP contribution in [0.25, 0.3) is 0 Å². The summed E-state index contributed by atoms with van der Waals surface area (Å²) in [5.41, 5.74) is 0. The zero-order valence-corrected chi connectivity index (χ0v) is 6.45. The van der Waals surface area contributed by atoms with Crippen LogP contribution in [0, 0.1) is 0 Å². The third-order valence-electron chi connectivity index (χ3n) is 1.51. The summed E-state index contributed by atoms with van der Waals surface area (Å²) in [5.74, 6) is -0.467. The first-order valence-electron chi connectivity index (χ1n) is 3.54. The van der Waals surface area contributed by atoms with E-state index in [0.717, 1.165) is 0 Å². The lowest BCUT2D eigenvalue weighted by atomic mass is 10.1. The molecule has 12 heavy (non-hydrogen) atoms. The largest absolute Gasteiger partial charge is 0.578 e. The zero-order valence-electron chi connectivity index (χ0n) is 6.45. The van der Waals surface area contributed by atoms with Gasteiger partial charge in [-0.1, -0.05) is 6.58 Å². The quantitative estimate of drug-likeness (QED) is 0.447. The van der Waals surface area contributed by atoms with Gasteiger partial charge in [0, 0.05) is 12.8 Å². The van der Waals surface area contributed by atoms with Gasteiger partial charge in [-0.3, -0.25) is 4.79 Å². The predicted molar refractivity (Wildman–Crippen MR) is 41.8 cm³/mol. The first kappa shape index (κ1) is 8.64. The Morgan fingerprint density at radius 1 is 1.83 bits per heavy atom. The van der Waals surface area contributed by atoms with E-state index in [0.29, 0.717) is 6.42 Å². The van der Waals surface area contributed by atoms with E-state index in [9.17, 15) is 9.59 Å². The topological polar surface area (TPSA) is 55.7 Å². The van der Waals surface area contributed by atoms with Crippen LogP contribution in [0.1, 0.15) is 12.8 Å². The highest BCUT2D eigenvalue weighted by atomic mass is 16.5. The van der Waals surface area contributed by atoms with Gasteiger partial charge < -0.3 is 14.5 Å². The van der Waals surface area contributed by atoms with Crippen LogP contribution in [0.3, 0.4) is 0 Å². The van der Waals surface area contributed by atoms with Gasteiger partial charge in [0.2, 0.25) is 0 Å². The Morgan fingerprint density at radius 2 is 2.58 bits per heavy atom. The van der Waals surface area contributed by atoms with Crippen molar-refractivity contribution >= 4 is 18.1 Å². The van der Waals surface area contributed by atoms with Gasteiger partial charge in [-0.2, -0.15) is 0 Å². The molecule has 0 saturated carbocycles. The molecular formula is C8H8NO3-. The molecule has 64 valence electrons. The summed E-state index contributed by atoms with van der Waals surface area (Å²) in [6.45, 7) is 3.31. The van der Waals surface area contributed by atoms with Gasteiger partial charge in [0.05, 0.1) is 6.10 Å². The van der Waals surface area contributed by atoms with Gasteiger partial charge >= 0.3 is 0 Å². The van der Waals surface area contributed by atoms with E-state index in [1.165, 1.54) is 6.08 Å². The normalized spacial score (nSPS) is 20.7. The van der Waals surface area contributed by atoms with Crippen molar-refractivity contribution in [2.45, 2.75) is 18.9 Å². The number of aliphatic imine (C=N–C) groups is 1. The molecule has 1 heterocycles. The highest BCUT2D eigenvalue weighted by Gasteiger charge is 2.13. The molecule has 1 aliphatic heterocycles. The summed E-state index contributed by atoms with van der Waals surface area (Å²) in [7, 11) is 0. The summed E-state index contributed by atoms with van der Waals surface area (Å²) in [4.78, 5) is 24.8. The van der Waals surface area contributed by atoms with E-state index in [4.69, 9.17) is 4.74 Å². The number of hydrogen-bond donors (Lipinski definition) is 0. The minimum Gasteiger partial charge on any atom is -0.578 e. The molecule has 0 N–H and O–H groups in total. The zero-order chi connectivity index (χ0) is 8.97. The van der Waals surface area contributed by atoms with Crippen LogP contribution < -0.4 is 0 Å². The maximum absolute atomic E-state index is 10.8. The van der Waals surface area contributed by atoms with Crippen LogP contribution in [0.5, 0.6) is 0 Å². The minimum atomic E-state index is -0.617. The molecule has 0 spiro atoms. The van der Waals surface area contributed by atoms with Crippen LogP contribution in [0.4, 0.5) is 0 Å². The fourth-order valence-corrected chi connectivity index (χ4v) is 0.815. The average molecular weight is 166 g/mol.